The van der Waals surface area contributed by atoms with Crippen molar-refractivity contribution in [1.82, 2.24) is 10.9 Å². The highest BCUT2D eigenvalue weighted by Crippen LogP contribution is 2.25. The van der Waals surface area contributed by atoms with Gasteiger partial charge in [0, 0.05) is 6.08 Å². The molecule has 0 fully saturated rings. The van der Waals surface area contributed by atoms with Crippen LogP contribution in [0.5, 0.6) is 5.75 Å². The van der Waals surface area contributed by atoms with Crippen molar-refractivity contribution in [3.63, 3.8) is 0 Å². The van der Waals surface area contributed by atoms with Crippen LogP contribution in [0.25, 0.3) is 6.08 Å². The number of rotatable bonds is 5. The van der Waals surface area contributed by atoms with E-state index in [9.17, 15) is 9.59 Å². The van der Waals surface area contributed by atoms with Gasteiger partial charge in [0.15, 0.2) is 6.61 Å². The smallest absolute Gasteiger partial charge is 0.276 e. The van der Waals surface area contributed by atoms with Gasteiger partial charge in [-0.3, -0.25) is 20.4 Å². The van der Waals surface area contributed by atoms with Gasteiger partial charge in [0.05, 0.1) is 4.47 Å². The van der Waals surface area contributed by atoms with Crippen LogP contribution in [0.2, 0.25) is 0 Å². The first-order chi connectivity index (χ1) is 11.9. The molecule has 0 unspecified atom stereocenters. The maximum Gasteiger partial charge on any atom is 0.276 e. The summed E-state index contributed by atoms with van der Waals surface area (Å²) in [4.78, 5) is 23.4. The van der Waals surface area contributed by atoms with Gasteiger partial charge in [0.2, 0.25) is 0 Å². The number of hydrogen-bond donors (Lipinski definition) is 2. The van der Waals surface area contributed by atoms with Gasteiger partial charge in [-0.1, -0.05) is 35.9 Å². The predicted octanol–water partition coefficient (Wildman–Crippen LogP) is 3.31. The lowest BCUT2D eigenvalue weighted by atomic mass is 10.1. The Kier molecular flexibility index (Phi) is 6.77. The summed E-state index contributed by atoms with van der Waals surface area (Å²) in [6, 6.07) is 13.3. The van der Waals surface area contributed by atoms with E-state index in [1.54, 1.807) is 12.1 Å². The van der Waals surface area contributed by atoms with E-state index in [1.807, 2.05) is 50.2 Å². The number of hydrazine groups is 1. The number of hydrogen-bond acceptors (Lipinski definition) is 3. The molecule has 2 N–H and O–H groups in total. The second kappa shape index (κ2) is 9.03. The van der Waals surface area contributed by atoms with Crippen molar-refractivity contribution in [2.75, 3.05) is 6.61 Å². The molecule has 0 radical (unpaired) electrons. The lowest BCUT2D eigenvalue weighted by Crippen LogP contribution is -2.43. The molecule has 25 heavy (non-hydrogen) atoms. The zero-order valence-corrected chi connectivity index (χ0v) is 15.6. The Morgan fingerprint density at radius 3 is 2.40 bits per heavy atom. The van der Waals surface area contributed by atoms with E-state index in [4.69, 9.17) is 4.74 Å². The number of nitrogens with one attached hydrogen (secondary N) is 2. The van der Waals surface area contributed by atoms with Crippen LogP contribution in [0, 0.1) is 13.8 Å². The summed E-state index contributed by atoms with van der Waals surface area (Å²) in [5.74, 6) is -0.318. The van der Waals surface area contributed by atoms with Crippen LogP contribution in [-0.4, -0.2) is 18.4 Å². The number of benzene rings is 2. The minimum absolute atomic E-state index is 0.205. The van der Waals surface area contributed by atoms with Gasteiger partial charge in [-0.05, 0) is 59.1 Å². The molecule has 0 aliphatic carbocycles. The molecular formula is C19H19BrN2O3. The molecular weight excluding hydrogens is 384 g/mol. The number of ether oxygens (including phenoxy) is 1. The Morgan fingerprint density at radius 2 is 1.72 bits per heavy atom. The van der Waals surface area contributed by atoms with Gasteiger partial charge in [0.25, 0.3) is 11.8 Å². The fourth-order valence-electron chi connectivity index (χ4n) is 1.92. The summed E-state index contributed by atoms with van der Waals surface area (Å²) >= 11 is 3.37. The number of carbonyl (C=O) groups is 2. The largest absolute Gasteiger partial charge is 0.483 e. The molecule has 0 bridgehead atoms. The zero-order valence-electron chi connectivity index (χ0n) is 14.0. The van der Waals surface area contributed by atoms with Crippen molar-refractivity contribution < 1.29 is 14.3 Å². The Hall–Kier alpha value is -2.60. The molecule has 0 atom stereocenters. The monoisotopic (exact) mass is 402 g/mol. The van der Waals surface area contributed by atoms with Crippen molar-refractivity contribution >= 4 is 33.8 Å². The third-order valence-electron chi connectivity index (χ3n) is 3.28. The Morgan fingerprint density at radius 1 is 1.04 bits per heavy atom. The third kappa shape index (κ3) is 6.43. The van der Waals surface area contributed by atoms with Crippen molar-refractivity contribution in [2.45, 2.75) is 13.8 Å². The Balaban J connectivity index is 1.75. The average Bonchev–Trinajstić information content (AvgIpc) is 2.58. The molecule has 2 aromatic rings. The minimum Gasteiger partial charge on any atom is -0.483 e. The van der Waals surface area contributed by atoms with Crippen LogP contribution < -0.4 is 15.6 Å². The first-order valence-corrected chi connectivity index (χ1v) is 8.46. The first-order valence-electron chi connectivity index (χ1n) is 7.66. The molecule has 2 amide bonds. The molecule has 0 heterocycles. The lowest BCUT2D eigenvalue weighted by Gasteiger charge is -2.09. The minimum atomic E-state index is -0.454. The van der Waals surface area contributed by atoms with Crippen molar-refractivity contribution in [1.29, 1.82) is 0 Å². The normalized spacial score (nSPS) is 10.5. The summed E-state index contributed by atoms with van der Waals surface area (Å²) < 4.78 is 6.17. The maximum absolute atomic E-state index is 11.7. The fraction of sp³-hybridized carbons (Fsp3) is 0.158. The summed E-state index contributed by atoms with van der Waals surface area (Å²) in [6.45, 7) is 3.75. The van der Waals surface area contributed by atoms with Crippen LogP contribution in [0.15, 0.2) is 53.0 Å². The molecule has 0 saturated heterocycles. The fourth-order valence-corrected chi connectivity index (χ4v) is 2.53. The van der Waals surface area contributed by atoms with Gasteiger partial charge < -0.3 is 4.74 Å². The first kappa shape index (κ1) is 18.7. The molecule has 2 rings (SSSR count). The molecule has 0 aromatic heterocycles. The highest BCUT2D eigenvalue weighted by atomic mass is 79.9. The molecule has 0 saturated carbocycles. The van der Waals surface area contributed by atoms with Gasteiger partial charge in [-0.15, -0.1) is 0 Å². The van der Waals surface area contributed by atoms with Crippen molar-refractivity contribution in [3.05, 3.63) is 69.7 Å². The van der Waals surface area contributed by atoms with E-state index < -0.39 is 11.8 Å². The Labute approximate surface area is 155 Å². The second-order valence-electron chi connectivity index (χ2n) is 5.50. The molecule has 2 aromatic carbocycles. The molecule has 0 aliphatic heterocycles. The quantitative estimate of drug-likeness (QED) is 0.595. The molecule has 6 heteroatoms. The zero-order chi connectivity index (χ0) is 18.2. The van der Waals surface area contributed by atoms with Crippen LogP contribution in [0.3, 0.4) is 0 Å². The van der Waals surface area contributed by atoms with E-state index in [2.05, 4.69) is 26.8 Å². The van der Waals surface area contributed by atoms with Gasteiger partial charge in [0.1, 0.15) is 5.75 Å². The van der Waals surface area contributed by atoms with Crippen LogP contribution >= 0.6 is 15.9 Å². The van der Waals surface area contributed by atoms with Crippen LogP contribution in [0.4, 0.5) is 0 Å². The summed E-state index contributed by atoms with van der Waals surface area (Å²) in [5.41, 5.74) is 7.74. The number of halogens is 1. The van der Waals surface area contributed by atoms with E-state index >= 15 is 0 Å². The second-order valence-corrected chi connectivity index (χ2v) is 6.36. The maximum atomic E-state index is 11.7. The van der Waals surface area contributed by atoms with Crippen LogP contribution in [-0.2, 0) is 9.59 Å². The molecule has 130 valence electrons. The SMILES string of the molecule is Cc1ccc(C=CC(=O)NNC(=O)COc2ccc(C)cc2Br)cc1. The van der Waals surface area contributed by atoms with E-state index in [0.717, 1.165) is 21.2 Å². The number of aryl methyl sites for hydroxylation is 2. The summed E-state index contributed by atoms with van der Waals surface area (Å²) in [5, 5.41) is 0. The number of amides is 2. The highest BCUT2D eigenvalue weighted by molar-refractivity contribution is 9.10. The van der Waals surface area contributed by atoms with E-state index in [0.29, 0.717) is 5.75 Å². The van der Waals surface area contributed by atoms with Crippen LogP contribution in [0.1, 0.15) is 16.7 Å². The topological polar surface area (TPSA) is 67.4 Å². The Bertz CT molecular complexity index is 786. The molecule has 5 nitrogen and oxygen atoms in total. The number of carbonyl (C=O) groups excluding carboxylic acids is 2. The lowest BCUT2D eigenvalue weighted by molar-refractivity contribution is -0.128. The summed E-state index contributed by atoms with van der Waals surface area (Å²) in [6.07, 6.45) is 3.02. The standard InChI is InChI=1S/C19H19BrN2O3/c1-13-3-6-15(7-4-13)8-10-18(23)21-22-19(24)12-25-17-9-5-14(2)11-16(17)20/h3-11H,12H2,1-2H3,(H,21,23)(H,22,24). The average molecular weight is 403 g/mol. The van der Waals surface area contributed by atoms with Crippen molar-refractivity contribution in [3.8, 4) is 5.75 Å². The predicted molar refractivity (Wildman–Crippen MR) is 101 cm³/mol. The summed E-state index contributed by atoms with van der Waals surface area (Å²) in [7, 11) is 0. The van der Waals surface area contributed by atoms with E-state index in [1.165, 1.54) is 6.08 Å². The van der Waals surface area contributed by atoms with E-state index in [-0.39, 0.29) is 6.61 Å². The van der Waals surface area contributed by atoms with Gasteiger partial charge in [-0.2, -0.15) is 0 Å². The van der Waals surface area contributed by atoms with Gasteiger partial charge >= 0.3 is 0 Å². The molecule has 0 aliphatic rings. The third-order valence-corrected chi connectivity index (χ3v) is 3.90. The highest BCUT2D eigenvalue weighted by Gasteiger charge is 2.06. The van der Waals surface area contributed by atoms with Gasteiger partial charge in [-0.25, -0.2) is 0 Å². The molecule has 0 spiro atoms. The van der Waals surface area contributed by atoms with Crippen molar-refractivity contribution in [2.24, 2.45) is 0 Å².